The van der Waals surface area contributed by atoms with Gasteiger partial charge in [-0.25, -0.2) is 4.39 Å². The van der Waals surface area contributed by atoms with Crippen molar-refractivity contribution in [3.8, 4) is 0 Å². The number of anilines is 1. The van der Waals surface area contributed by atoms with Gasteiger partial charge in [0.25, 0.3) is 5.91 Å². The molecule has 1 aliphatic heterocycles. The second kappa shape index (κ2) is 10.7. The summed E-state index contributed by atoms with van der Waals surface area (Å²) in [4.78, 5) is 39.3. The molecule has 2 aromatic carbocycles. The van der Waals surface area contributed by atoms with Gasteiger partial charge in [0.2, 0.25) is 11.8 Å². The average Bonchev–Trinajstić information content (AvgIpc) is 3.14. The number of benzene rings is 2. The molecule has 1 atom stereocenters. The van der Waals surface area contributed by atoms with Gasteiger partial charge in [-0.3, -0.25) is 14.4 Å². The highest BCUT2D eigenvalue weighted by atomic mass is 19.1. The first-order chi connectivity index (χ1) is 15.0. The smallest absolute Gasteiger partial charge is 0.253 e. The van der Waals surface area contributed by atoms with Crippen molar-refractivity contribution in [2.24, 2.45) is 5.92 Å². The minimum atomic E-state index is -0.475. The molecule has 0 bridgehead atoms. The molecule has 3 rings (SSSR count). The summed E-state index contributed by atoms with van der Waals surface area (Å²) in [7, 11) is 0. The first kappa shape index (κ1) is 22.5. The molecule has 2 N–H and O–H groups in total. The highest BCUT2D eigenvalue weighted by molar-refractivity contribution is 6.05. The molecule has 1 fully saturated rings. The third kappa shape index (κ3) is 6.13. The maximum Gasteiger partial charge on any atom is 0.253 e. The molecule has 7 heteroatoms. The van der Waals surface area contributed by atoms with E-state index in [4.69, 9.17) is 0 Å². The number of unbranched alkanes of at least 4 members (excludes halogenated alkanes) is 1. The SMILES string of the molecule is CCCCNC(=O)c1ccccc1NC(=O)C1CC(=O)N(CCc2ccc(F)cc2)C1. The average molecular weight is 426 g/mol. The van der Waals surface area contributed by atoms with Gasteiger partial charge in [-0.05, 0) is 42.7 Å². The van der Waals surface area contributed by atoms with Crippen LogP contribution in [0, 0.1) is 11.7 Å². The molecule has 31 heavy (non-hydrogen) atoms. The molecule has 1 heterocycles. The van der Waals surface area contributed by atoms with Crippen LogP contribution in [0.25, 0.3) is 0 Å². The number of halogens is 1. The summed E-state index contributed by atoms with van der Waals surface area (Å²) in [6, 6.07) is 13.1. The van der Waals surface area contributed by atoms with E-state index in [1.807, 2.05) is 6.92 Å². The molecule has 3 amide bonds. The van der Waals surface area contributed by atoms with Gasteiger partial charge >= 0.3 is 0 Å². The van der Waals surface area contributed by atoms with E-state index in [0.29, 0.717) is 37.3 Å². The number of hydrogen-bond acceptors (Lipinski definition) is 3. The summed E-state index contributed by atoms with van der Waals surface area (Å²) in [5.41, 5.74) is 1.79. The molecule has 1 aliphatic rings. The monoisotopic (exact) mass is 425 g/mol. The van der Waals surface area contributed by atoms with Gasteiger partial charge < -0.3 is 15.5 Å². The van der Waals surface area contributed by atoms with Crippen LogP contribution >= 0.6 is 0 Å². The zero-order valence-corrected chi connectivity index (χ0v) is 17.7. The minimum absolute atomic E-state index is 0.0761. The molecule has 0 aliphatic carbocycles. The first-order valence-electron chi connectivity index (χ1n) is 10.7. The number of nitrogens with zero attached hydrogens (tertiary/aromatic N) is 1. The topological polar surface area (TPSA) is 78.5 Å². The van der Waals surface area contributed by atoms with E-state index < -0.39 is 5.92 Å². The summed E-state index contributed by atoms with van der Waals surface area (Å²) >= 11 is 0. The van der Waals surface area contributed by atoms with Crippen molar-refractivity contribution in [3.05, 3.63) is 65.5 Å². The van der Waals surface area contributed by atoms with E-state index in [-0.39, 0.29) is 30.0 Å². The highest BCUT2D eigenvalue weighted by Gasteiger charge is 2.34. The molecule has 0 radical (unpaired) electrons. The van der Waals surface area contributed by atoms with Crippen molar-refractivity contribution in [1.82, 2.24) is 10.2 Å². The van der Waals surface area contributed by atoms with E-state index >= 15 is 0 Å². The Morgan fingerprint density at radius 1 is 1.13 bits per heavy atom. The molecule has 0 aromatic heterocycles. The Morgan fingerprint density at radius 2 is 1.87 bits per heavy atom. The Bertz CT molecular complexity index is 930. The zero-order valence-electron chi connectivity index (χ0n) is 17.7. The molecule has 6 nitrogen and oxygen atoms in total. The molecular weight excluding hydrogens is 397 g/mol. The van der Waals surface area contributed by atoms with Gasteiger partial charge in [0.1, 0.15) is 5.82 Å². The van der Waals surface area contributed by atoms with Crippen LogP contribution in [0.5, 0.6) is 0 Å². The lowest BCUT2D eigenvalue weighted by Crippen LogP contribution is -2.30. The van der Waals surface area contributed by atoms with Crippen LogP contribution in [0.15, 0.2) is 48.5 Å². The fourth-order valence-corrected chi connectivity index (χ4v) is 3.58. The maximum absolute atomic E-state index is 13.0. The summed E-state index contributed by atoms with van der Waals surface area (Å²) in [6.45, 7) is 3.44. The van der Waals surface area contributed by atoms with Gasteiger partial charge in [-0.15, -0.1) is 0 Å². The molecule has 164 valence electrons. The number of carbonyl (C=O) groups excluding carboxylic acids is 3. The molecule has 1 saturated heterocycles. The molecule has 0 spiro atoms. The number of para-hydroxylation sites is 1. The number of rotatable bonds is 9. The Balaban J connectivity index is 1.57. The predicted octanol–water partition coefficient (Wildman–Crippen LogP) is 3.39. The highest BCUT2D eigenvalue weighted by Crippen LogP contribution is 2.22. The molecular formula is C24H28FN3O3. The van der Waals surface area contributed by atoms with E-state index in [1.165, 1.54) is 12.1 Å². The van der Waals surface area contributed by atoms with Gasteiger partial charge in [-0.2, -0.15) is 0 Å². The summed E-state index contributed by atoms with van der Waals surface area (Å²) in [5.74, 6) is -1.35. The lowest BCUT2D eigenvalue weighted by atomic mass is 10.1. The maximum atomic E-state index is 13.0. The number of likely N-dealkylation sites (tertiary alicyclic amines) is 1. The zero-order chi connectivity index (χ0) is 22.2. The van der Waals surface area contributed by atoms with Crippen LogP contribution in [-0.4, -0.2) is 42.3 Å². The second-order valence-corrected chi connectivity index (χ2v) is 7.76. The van der Waals surface area contributed by atoms with E-state index in [1.54, 1.807) is 41.3 Å². The van der Waals surface area contributed by atoms with E-state index in [9.17, 15) is 18.8 Å². The lowest BCUT2D eigenvalue weighted by molar-refractivity contribution is -0.128. The van der Waals surface area contributed by atoms with Gasteiger partial charge in [0, 0.05) is 26.1 Å². The Hall–Kier alpha value is -3.22. The van der Waals surface area contributed by atoms with Crippen molar-refractivity contribution in [2.45, 2.75) is 32.6 Å². The van der Waals surface area contributed by atoms with Gasteiger partial charge in [0.15, 0.2) is 0 Å². The fraction of sp³-hybridized carbons (Fsp3) is 0.375. The van der Waals surface area contributed by atoms with E-state index in [2.05, 4.69) is 10.6 Å². The second-order valence-electron chi connectivity index (χ2n) is 7.76. The predicted molar refractivity (Wildman–Crippen MR) is 117 cm³/mol. The van der Waals surface area contributed by atoms with Crippen LogP contribution in [-0.2, 0) is 16.0 Å². The number of nitrogens with one attached hydrogen (secondary N) is 2. The lowest BCUT2D eigenvalue weighted by Gasteiger charge is -2.17. The van der Waals surface area contributed by atoms with Crippen LogP contribution < -0.4 is 10.6 Å². The van der Waals surface area contributed by atoms with Crippen LogP contribution in [0.3, 0.4) is 0 Å². The van der Waals surface area contributed by atoms with Crippen molar-refractivity contribution in [2.75, 3.05) is 25.0 Å². The van der Waals surface area contributed by atoms with Crippen LogP contribution in [0.2, 0.25) is 0 Å². The quantitative estimate of drug-likeness (QED) is 0.605. The molecule has 2 aromatic rings. The third-order valence-corrected chi connectivity index (χ3v) is 5.41. The van der Waals surface area contributed by atoms with Crippen molar-refractivity contribution in [3.63, 3.8) is 0 Å². The van der Waals surface area contributed by atoms with E-state index in [0.717, 1.165) is 18.4 Å². The largest absolute Gasteiger partial charge is 0.352 e. The summed E-state index contributed by atoms with van der Waals surface area (Å²) in [5, 5.41) is 5.68. The Morgan fingerprint density at radius 3 is 2.61 bits per heavy atom. The molecule has 0 saturated carbocycles. The minimum Gasteiger partial charge on any atom is -0.352 e. The van der Waals surface area contributed by atoms with Crippen LogP contribution in [0.4, 0.5) is 10.1 Å². The van der Waals surface area contributed by atoms with Crippen molar-refractivity contribution >= 4 is 23.4 Å². The number of hydrogen-bond donors (Lipinski definition) is 2. The molecule has 1 unspecified atom stereocenters. The summed E-state index contributed by atoms with van der Waals surface area (Å²) < 4.78 is 13.0. The fourth-order valence-electron chi connectivity index (χ4n) is 3.58. The summed E-state index contributed by atoms with van der Waals surface area (Å²) in [6.07, 6.45) is 2.60. The number of amides is 3. The number of carbonyl (C=O) groups is 3. The third-order valence-electron chi connectivity index (χ3n) is 5.41. The Labute approximate surface area is 181 Å². The van der Waals surface area contributed by atoms with Gasteiger partial charge in [0.05, 0.1) is 17.2 Å². The van der Waals surface area contributed by atoms with Crippen molar-refractivity contribution < 1.29 is 18.8 Å². The van der Waals surface area contributed by atoms with Gasteiger partial charge in [-0.1, -0.05) is 37.6 Å². The first-order valence-corrected chi connectivity index (χ1v) is 10.7. The standard InChI is InChI=1S/C24H28FN3O3/c1-2-3-13-26-24(31)20-6-4-5-7-21(20)27-23(30)18-15-22(29)28(16-18)14-12-17-8-10-19(25)11-9-17/h4-11,18H,2-3,12-16H2,1H3,(H,26,31)(H,27,30). The van der Waals surface area contributed by atoms with Crippen molar-refractivity contribution in [1.29, 1.82) is 0 Å². The normalized spacial score (nSPS) is 15.7. The Kier molecular flexibility index (Phi) is 7.76. The van der Waals surface area contributed by atoms with Crippen LogP contribution in [0.1, 0.15) is 42.1 Å².